The smallest absolute Gasteiger partial charge is 0.475 e. The van der Waals surface area contributed by atoms with Gasteiger partial charge in [0.1, 0.15) is 6.26 Å². The molecule has 0 radical (unpaired) electrons. The van der Waals surface area contributed by atoms with E-state index in [1.54, 1.807) is 0 Å². The summed E-state index contributed by atoms with van der Waals surface area (Å²) in [4.78, 5) is 29.6. The molecule has 1 aromatic heterocycles. The minimum atomic E-state index is -5.08. The van der Waals surface area contributed by atoms with Crippen molar-refractivity contribution in [3.63, 3.8) is 0 Å². The molecule has 2 saturated heterocycles. The number of halogens is 3. The average Bonchev–Trinajstić information content (AvgIpc) is 3.26. The molecule has 2 aliphatic heterocycles. The molecule has 1 amide bonds. The monoisotopic (exact) mass is 447 g/mol. The lowest BCUT2D eigenvalue weighted by Gasteiger charge is -2.39. The Kier molecular flexibility index (Phi) is 7.25. The molecule has 11 heteroatoms. The number of carbonyl (C=O) groups is 2. The van der Waals surface area contributed by atoms with Gasteiger partial charge in [0.05, 0.1) is 6.61 Å². The van der Waals surface area contributed by atoms with Crippen molar-refractivity contribution >= 4 is 11.9 Å². The third-order valence-corrected chi connectivity index (χ3v) is 6.24. The van der Waals surface area contributed by atoms with Gasteiger partial charge in [-0.05, 0) is 50.5 Å². The first kappa shape index (κ1) is 23.5. The van der Waals surface area contributed by atoms with Gasteiger partial charge in [-0.1, -0.05) is 0 Å². The first-order valence-corrected chi connectivity index (χ1v) is 10.4. The molecule has 4 rings (SSSR count). The van der Waals surface area contributed by atoms with Gasteiger partial charge in [-0.3, -0.25) is 4.79 Å². The van der Waals surface area contributed by atoms with Crippen molar-refractivity contribution in [2.24, 2.45) is 11.3 Å². The summed E-state index contributed by atoms with van der Waals surface area (Å²) in [7, 11) is 2.22. The Morgan fingerprint density at radius 3 is 2.45 bits per heavy atom. The van der Waals surface area contributed by atoms with Crippen LogP contribution >= 0.6 is 0 Å². The molecule has 31 heavy (non-hydrogen) atoms. The molecule has 1 spiro atoms. The first-order chi connectivity index (χ1) is 14.6. The second kappa shape index (κ2) is 9.56. The molecular formula is C20H28F3N3O5. The number of amides is 1. The van der Waals surface area contributed by atoms with Crippen LogP contribution in [0.4, 0.5) is 13.2 Å². The van der Waals surface area contributed by atoms with E-state index in [4.69, 9.17) is 19.1 Å². The second-order valence-electron chi connectivity index (χ2n) is 8.72. The standard InChI is InChI=1S/C18H27N3O3.C2HF3O2/c1-20-12-18(8-15(20)10-23-9-14-2-3-14)4-6-21(7-5-18)17(22)16-11-24-13-19-16;3-2(4,5)1(6)7/h11,13-15H,2-10,12H2,1H3;(H,6,7). The molecule has 3 heterocycles. The molecule has 0 bridgehead atoms. The number of carboxylic acids is 1. The van der Waals surface area contributed by atoms with Crippen LogP contribution in [0.2, 0.25) is 0 Å². The normalized spacial score (nSPS) is 23.5. The third kappa shape index (κ3) is 6.42. The van der Waals surface area contributed by atoms with Gasteiger partial charge in [-0.25, -0.2) is 9.78 Å². The summed E-state index contributed by atoms with van der Waals surface area (Å²) in [5, 5.41) is 7.12. The lowest BCUT2D eigenvalue weighted by Crippen LogP contribution is -2.44. The molecule has 1 aliphatic carbocycles. The first-order valence-electron chi connectivity index (χ1n) is 10.4. The fourth-order valence-corrected chi connectivity index (χ4v) is 4.25. The highest BCUT2D eigenvalue weighted by Gasteiger charge is 2.45. The van der Waals surface area contributed by atoms with Crippen LogP contribution in [0, 0.1) is 11.3 Å². The Hall–Kier alpha value is -2.14. The molecule has 1 saturated carbocycles. The number of carboxylic acid groups (broad SMARTS) is 1. The highest BCUT2D eigenvalue weighted by Crippen LogP contribution is 2.43. The summed E-state index contributed by atoms with van der Waals surface area (Å²) < 4.78 is 42.6. The van der Waals surface area contributed by atoms with Gasteiger partial charge in [0, 0.05) is 32.3 Å². The molecule has 3 aliphatic rings. The number of likely N-dealkylation sites (tertiary alicyclic amines) is 2. The number of aliphatic carboxylic acids is 1. The zero-order chi connectivity index (χ0) is 22.6. The largest absolute Gasteiger partial charge is 0.490 e. The fourth-order valence-electron chi connectivity index (χ4n) is 4.25. The Labute approximate surface area is 178 Å². The van der Waals surface area contributed by atoms with Gasteiger partial charge >= 0.3 is 12.1 Å². The van der Waals surface area contributed by atoms with Gasteiger partial charge in [0.2, 0.25) is 0 Å². The topological polar surface area (TPSA) is 96.1 Å². The van der Waals surface area contributed by atoms with Crippen LogP contribution in [0.5, 0.6) is 0 Å². The van der Waals surface area contributed by atoms with Crippen LogP contribution in [-0.2, 0) is 9.53 Å². The summed E-state index contributed by atoms with van der Waals surface area (Å²) in [6, 6.07) is 0.529. The number of carbonyl (C=O) groups excluding carboxylic acids is 1. The van der Waals surface area contributed by atoms with Crippen LogP contribution in [0.25, 0.3) is 0 Å². The quantitative estimate of drug-likeness (QED) is 0.741. The molecule has 1 atom stereocenters. The number of rotatable bonds is 5. The van der Waals surface area contributed by atoms with Gasteiger partial charge < -0.3 is 24.1 Å². The van der Waals surface area contributed by atoms with Gasteiger partial charge in [-0.2, -0.15) is 13.2 Å². The highest BCUT2D eigenvalue weighted by molar-refractivity contribution is 5.91. The summed E-state index contributed by atoms with van der Waals surface area (Å²) in [5.74, 6) is -1.93. The van der Waals surface area contributed by atoms with Crippen LogP contribution < -0.4 is 0 Å². The van der Waals surface area contributed by atoms with Crippen LogP contribution in [0.15, 0.2) is 17.1 Å². The molecule has 0 aromatic carbocycles. The van der Waals surface area contributed by atoms with Gasteiger partial charge in [0.15, 0.2) is 12.1 Å². The predicted octanol–water partition coefficient (Wildman–Crippen LogP) is 2.66. The molecule has 3 fully saturated rings. The number of oxazole rings is 1. The van der Waals surface area contributed by atoms with Crippen molar-refractivity contribution in [1.82, 2.24) is 14.8 Å². The number of alkyl halides is 3. The molecule has 1 N–H and O–H groups in total. The lowest BCUT2D eigenvalue weighted by atomic mass is 9.76. The molecule has 1 aromatic rings. The summed E-state index contributed by atoms with van der Waals surface area (Å²) in [6.45, 7) is 4.55. The third-order valence-electron chi connectivity index (χ3n) is 6.24. The van der Waals surface area contributed by atoms with E-state index in [1.165, 1.54) is 31.9 Å². The van der Waals surface area contributed by atoms with E-state index in [9.17, 15) is 18.0 Å². The maximum absolute atomic E-state index is 12.4. The number of nitrogens with zero attached hydrogens (tertiary/aromatic N) is 3. The van der Waals surface area contributed by atoms with Gasteiger partial charge in [0.25, 0.3) is 5.91 Å². The van der Waals surface area contributed by atoms with Crippen molar-refractivity contribution in [3.8, 4) is 0 Å². The van der Waals surface area contributed by atoms with Crippen molar-refractivity contribution in [2.75, 3.05) is 39.9 Å². The zero-order valence-electron chi connectivity index (χ0n) is 17.4. The Balaban J connectivity index is 0.000000339. The molecular weight excluding hydrogens is 419 g/mol. The van der Waals surface area contributed by atoms with Crippen LogP contribution in [-0.4, -0.2) is 83.9 Å². The minimum Gasteiger partial charge on any atom is -0.475 e. The maximum Gasteiger partial charge on any atom is 0.490 e. The van der Waals surface area contributed by atoms with Crippen LogP contribution in [0.1, 0.15) is 42.6 Å². The van der Waals surface area contributed by atoms with E-state index >= 15 is 0 Å². The van der Waals surface area contributed by atoms with Crippen LogP contribution in [0.3, 0.4) is 0 Å². The Morgan fingerprint density at radius 1 is 1.29 bits per heavy atom. The SMILES string of the molecule is CN1CC2(CCN(C(=O)c3cocn3)CC2)CC1COCC1CC1.O=C(O)C(F)(F)F. The Morgan fingerprint density at radius 2 is 1.94 bits per heavy atom. The van der Waals surface area contributed by atoms with Crippen molar-refractivity contribution in [3.05, 3.63) is 18.4 Å². The minimum absolute atomic E-state index is 0.00531. The maximum atomic E-state index is 12.4. The number of aromatic nitrogens is 1. The van der Waals surface area contributed by atoms with Crippen molar-refractivity contribution in [1.29, 1.82) is 0 Å². The zero-order valence-corrected chi connectivity index (χ0v) is 17.4. The van der Waals surface area contributed by atoms with E-state index in [0.29, 0.717) is 17.2 Å². The van der Waals surface area contributed by atoms with E-state index in [1.807, 2.05) is 4.90 Å². The Bertz CT molecular complexity index is 744. The second-order valence-corrected chi connectivity index (χ2v) is 8.72. The summed E-state index contributed by atoms with van der Waals surface area (Å²) in [6.07, 6.45) is 3.69. The summed E-state index contributed by atoms with van der Waals surface area (Å²) in [5.41, 5.74) is 0.768. The fraction of sp³-hybridized carbons (Fsp3) is 0.750. The number of hydrogen-bond donors (Lipinski definition) is 1. The van der Waals surface area contributed by atoms with E-state index in [-0.39, 0.29) is 5.91 Å². The number of likely N-dealkylation sites (N-methyl/N-ethyl adjacent to an activating group) is 1. The van der Waals surface area contributed by atoms with E-state index in [2.05, 4.69) is 16.9 Å². The number of ether oxygens (including phenoxy) is 1. The van der Waals surface area contributed by atoms with E-state index < -0.39 is 12.1 Å². The number of piperidine rings is 1. The number of hydrogen-bond acceptors (Lipinski definition) is 6. The molecule has 174 valence electrons. The van der Waals surface area contributed by atoms with Gasteiger partial charge in [-0.15, -0.1) is 0 Å². The predicted molar refractivity (Wildman–Crippen MR) is 102 cm³/mol. The molecule has 8 nitrogen and oxygen atoms in total. The summed E-state index contributed by atoms with van der Waals surface area (Å²) >= 11 is 0. The van der Waals surface area contributed by atoms with Crippen molar-refractivity contribution in [2.45, 2.75) is 44.3 Å². The van der Waals surface area contributed by atoms with Crippen molar-refractivity contribution < 1.29 is 37.0 Å². The highest BCUT2D eigenvalue weighted by atomic mass is 19.4. The lowest BCUT2D eigenvalue weighted by molar-refractivity contribution is -0.192. The molecule has 1 unspecified atom stereocenters. The average molecular weight is 447 g/mol. The van der Waals surface area contributed by atoms with E-state index in [0.717, 1.165) is 51.6 Å².